The van der Waals surface area contributed by atoms with Crippen LogP contribution in [0.25, 0.3) is 0 Å². The molecule has 0 spiro atoms. The first kappa shape index (κ1) is 11.7. The highest BCUT2D eigenvalue weighted by atomic mass is 35.5. The largest absolute Gasteiger partial charge is 0.618 e. The van der Waals surface area contributed by atoms with E-state index in [2.05, 4.69) is 4.74 Å². The van der Waals surface area contributed by atoms with Gasteiger partial charge in [0.1, 0.15) is 6.61 Å². The molecule has 15 heavy (non-hydrogen) atoms. The third-order valence-corrected chi connectivity index (χ3v) is 2.30. The maximum absolute atomic E-state index is 13.1. The molecule has 0 fully saturated rings. The van der Waals surface area contributed by atoms with Crippen molar-refractivity contribution in [1.29, 1.82) is 0 Å². The molecule has 0 atom stereocenters. The zero-order valence-electron chi connectivity index (χ0n) is 8.21. The van der Waals surface area contributed by atoms with E-state index < -0.39 is 11.8 Å². The van der Waals surface area contributed by atoms with E-state index in [1.54, 1.807) is 0 Å². The molecule has 0 aromatic carbocycles. The molecule has 0 bridgehead atoms. The van der Waals surface area contributed by atoms with Crippen molar-refractivity contribution in [3.8, 4) is 0 Å². The smallest absolute Gasteiger partial charge is 0.302 e. The van der Waals surface area contributed by atoms with Gasteiger partial charge in [0, 0.05) is 13.8 Å². The summed E-state index contributed by atoms with van der Waals surface area (Å²) in [5.41, 5.74) is 0.393. The lowest BCUT2D eigenvalue weighted by molar-refractivity contribution is -0.614. The minimum atomic E-state index is -0.834. The van der Waals surface area contributed by atoms with E-state index in [1.807, 2.05) is 0 Å². The summed E-state index contributed by atoms with van der Waals surface area (Å²) in [6.07, 6.45) is 0.731. The van der Waals surface area contributed by atoms with E-state index in [0.717, 1.165) is 6.20 Å². The van der Waals surface area contributed by atoms with Crippen LogP contribution in [0.4, 0.5) is 4.39 Å². The van der Waals surface area contributed by atoms with Gasteiger partial charge in [0.25, 0.3) is 0 Å². The SMILES string of the molecule is CC(=O)OCc1c(Cl)c(F)c[n+]([O-])c1C. The number of nitrogens with zero attached hydrogens (tertiary/aromatic N) is 1. The minimum absolute atomic E-state index is 0.182. The normalized spacial score (nSPS) is 10.1. The Morgan fingerprint density at radius 2 is 2.33 bits per heavy atom. The Bertz CT molecular complexity index is 383. The molecule has 0 radical (unpaired) electrons. The molecule has 1 aromatic heterocycles. The van der Waals surface area contributed by atoms with E-state index in [0.29, 0.717) is 4.73 Å². The van der Waals surface area contributed by atoms with Crippen LogP contribution in [0.1, 0.15) is 18.2 Å². The standard InChI is InChI=1S/C9H9ClFNO3/c1-5-7(4-15-6(2)13)9(10)8(11)3-12(5)14/h3H,4H2,1-2H3. The number of esters is 1. The summed E-state index contributed by atoms with van der Waals surface area (Å²) in [6, 6.07) is 0. The molecule has 1 heterocycles. The van der Waals surface area contributed by atoms with Crippen molar-refractivity contribution >= 4 is 17.6 Å². The lowest BCUT2D eigenvalue weighted by atomic mass is 10.2. The van der Waals surface area contributed by atoms with Crippen LogP contribution in [-0.2, 0) is 16.1 Å². The second-order valence-electron chi connectivity index (χ2n) is 2.96. The number of aromatic nitrogens is 1. The molecule has 1 aromatic rings. The Hall–Kier alpha value is -1.36. The summed E-state index contributed by atoms with van der Waals surface area (Å²) in [5, 5.41) is 10.9. The zero-order chi connectivity index (χ0) is 11.6. The molecule has 0 aliphatic rings. The summed E-state index contributed by atoms with van der Waals surface area (Å²) in [7, 11) is 0. The maximum Gasteiger partial charge on any atom is 0.302 e. The maximum atomic E-state index is 13.1. The van der Waals surface area contributed by atoms with Crippen LogP contribution in [0.2, 0.25) is 5.02 Å². The van der Waals surface area contributed by atoms with Crippen molar-refractivity contribution in [2.75, 3.05) is 0 Å². The highest BCUT2D eigenvalue weighted by Gasteiger charge is 2.18. The first-order valence-electron chi connectivity index (χ1n) is 4.13. The Morgan fingerprint density at radius 3 is 2.87 bits per heavy atom. The molecular formula is C9H9ClFNO3. The molecule has 0 unspecified atom stereocenters. The molecule has 82 valence electrons. The van der Waals surface area contributed by atoms with Gasteiger partial charge in [-0.05, 0) is 0 Å². The number of rotatable bonds is 2. The van der Waals surface area contributed by atoms with Gasteiger partial charge in [0.2, 0.25) is 12.0 Å². The van der Waals surface area contributed by atoms with Gasteiger partial charge in [-0.25, -0.2) is 0 Å². The molecular weight excluding hydrogens is 225 g/mol. The molecule has 1 rings (SSSR count). The summed E-state index contributed by atoms with van der Waals surface area (Å²) < 4.78 is 18.1. The van der Waals surface area contributed by atoms with Gasteiger partial charge in [0.15, 0.2) is 5.69 Å². The van der Waals surface area contributed by atoms with Gasteiger partial charge in [-0.3, -0.25) is 4.79 Å². The molecule has 0 amide bonds. The Kier molecular flexibility index (Phi) is 3.47. The average molecular weight is 234 g/mol. The van der Waals surface area contributed by atoms with Gasteiger partial charge >= 0.3 is 5.97 Å². The van der Waals surface area contributed by atoms with Crippen molar-refractivity contribution < 1.29 is 18.7 Å². The predicted molar refractivity (Wildman–Crippen MR) is 50.6 cm³/mol. The van der Waals surface area contributed by atoms with Crippen LogP contribution < -0.4 is 4.73 Å². The van der Waals surface area contributed by atoms with Crippen LogP contribution in [0.15, 0.2) is 6.20 Å². The summed E-state index contributed by atoms with van der Waals surface area (Å²) in [5.74, 6) is -1.36. The second kappa shape index (κ2) is 4.44. The topological polar surface area (TPSA) is 53.2 Å². The van der Waals surface area contributed by atoms with Crippen LogP contribution in [-0.4, -0.2) is 5.97 Å². The predicted octanol–water partition coefficient (Wildman–Crippen LogP) is 1.48. The Labute approximate surface area is 90.8 Å². The molecule has 0 aliphatic heterocycles. The minimum Gasteiger partial charge on any atom is -0.618 e. The Balaban J connectivity index is 3.09. The van der Waals surface area contributed by atoms with Gasteiger partial charge < -0.3 is 9.94 Å². The van der Waals surface area contributed by atoms with Crippen molar-refractivity contribution in [2.45, 2.75) is 20.5 Å². The van der Waals surface area contributed by atoms with Gasteiger partial charge in [-0.2, -0.15) is 9.12 Å². The fraction of sp³-hybridized carbons (Fsp3) is 0.333. The van der Waals surface area contributed by atoms with Crippen LogP contribution in [0.3, 0.4) is 0 Å². The van der Waals surface area contributed by atoms with Crippen molar-refractivity contribution in [3.05, 3.63) is 33.5 Å². The zero-order valence-corrected chi connectivity index (χ0v) is 8.97. The van der Waals surface area contributed by atoms with E-state index in [1.165, 1.54) is 13.8 Å². The summed E-state index contributed by atoms with van der Waals surface area (Å²) in [4.78, 5) is 10.6. The number of hydrogen-bond acceptors (Lipinski definition) is 3. The number of pyridine rings is 1. The number of hydrogen-bond donors (Lipinski definition) is 0. The van der Waals surface area contributed by atoms with Crippen molar-refractivity contribution in [1.82, 2.24) is 0 Å². The Morgan fingerprint density at radius 1 is 1.73 bits per heavy atom. The molecule has 0 saturated heterocycles. The monoisotopic (exact) mass is 233 g/mol. The molecule has 6 heteroatoms. The van der Waals surface area contributed by atoms with Crippen molar-refractivity contribution in [2.24, 2.45) is 0 Å². The first-order chi connectivity index (χ1) is 6.93. The van der Waals surface area contributed by atoms with Crippen LogP contribution in [0.5, 0.6) is 0 Å². The van der Waals surface area contributed by atoms with E-state index >= 15 is 0 Å². The average Bonchev–Trinajstić information content (AvgIpc) is 2.14. The highest BCUT2D eigenvalue weighted by Crippen LogP contribution is 2.21. The number of carbonyl (C=O) groups is 1. The molecule has 4 nitrogen and oxygen atoms in total. The molecule has 0 N–H and O–H groups in total. The summed E-state index contributed by atoms with van der Waals surface area (Å²) >= 11 is 5.64. The van der Waals surface area contributed by atoms with E-state index in [4.69, 9.17) is 11.6 Å². The number of carbonyl (C=O) groups excluding carboxylic acids is 1. The van der Waals surface area contributed by atoms with E-state index in [9.17, 15) is 14.4 Å². The lowest BCUT2D eigenvalue weighted by Crippen LogP contribution is -2.32. The molecule has 0 saturated carbocycles. The van der Waals surface area contributed by atoms with Gasteiger partial charge in [-0.15, -0.1) is 0 Å². The number of ether oxygens (including phenoxy) is 1. The van der Waals surface area contributed by atoms with Gasteiger partial charge in [0.05, 0.1) is 10.6 Å². The third kappa shape index (κ3) is 2.56. The van der Waals surface area contributed by atoms with Crippen LogP contribution >= 0.6 is 11.6 Å². The quantitative estimate of drug-likeness (QED) is 0.442. The fourth-order valence-electron chi connectivity index (χ4n) is 1.03. The van der Waals surface area contributed by atoms with Crippen molar-refractivity contribution in [3.63, 3.8) is 0 Å². The highest BCUT2D eigenvalue weighted by molar-refractivity contribution is 6.31. The molecule has 0 aliphatic carbocycles. The number of halogens is 2. The first-order valence-corrected chi connectivity index (χ1v) is 4.51. The van der Waals surface area contributed by atoms with E-state index in [-0.39, 0.29) is 22.9 Å². The van der Waals surface area contributed by atoms with Gasteiger partial charge in [-0.1, -0.05) is 11.6 Å². The third-order valence-electron chi connectivity index (χ3n) is 1.89. The lowest BCUT2D eigenvalue weighted by Gasteiger charge is -2.09. The van der Waals surface area contributed by atoms with Crippen LogP contribution in [0, 0.1) is 17.9 Å². The second-order valence-corrected chi connectivity index (χ2v) is 3.34. The fourth-order valence-corrected chi connectivity index (χ4v) is 1.27. The summed E-state index contributed by atoms with van der Waals surface area (Å²) in [6.45, 7) is 2.48.